The van der Waals surface area contributed by atoms with Crippen LogP contribution in [0.25, 0.3) is 10.9 Å². The van der Waals surface area contributed by atoms with Crippen molar-refractivity contribution in [3.05, 3.63) is 29.8 Å². The molecule has 0 unspecified atom stereocenters. The summed E-state index contributed by atoms with van der Waals surface area (Å²) in [7, 11) is 0. The lowest BCUT2D eigenvalue weighted by atomic mass is 10.1. The van der Waals surface area contributed by atoms with Gasteiger partial charge < -0.3 is 16.8 Å². The van der Waals surface area contributed by atoms with Gasteiger partial charge >= 0.3 is 0 Å². The Kier molecular flexibility index (Phi) is 2.43. The van der Waals surface area contributed by atoms with Crippen LogP contribution in [0.2, 0.25) is 0 Å². The molecule has 78 valence electrons. The van der Waals surface area contributed by atoms with E-state index in [2.05, 4.69) is 10.3 Å². The van der Waals surface area contributed by atoms with Crippen LogP contribution in [-0.2, 0) is 0 Å². The number of nitrogens with one attached hydrogen (secondary N) is 1. The normalized spacial score (nSPS) is 10.5. The molecule has 1 aromatic heterocycles. The molecular formula is C11H14N4. The highest BCUT2D eigenvalue weighted by Crippen LogP contribution is 2.21. The van der Waals surface area contributed by atoms with Gasteiger partial charge in [0.2, 0.25) is 0 Å². The molecule has 1 heterocycles. The Morgan fingerprint density at radius 3 is 2.87 bits per heavy atom. The van der Waals surface area contributed by atoms with Crippen LogP contribution in [0.4, 0.5) is 11.5 Å². The lowest BCUT2D eigenvalue weighted by Crippen LogP contribution is -2.10. The second kappa shape index (κ2) is 3.74. The van der Waals surface area contributed by atoms with Gasteiger partial charge in [0.05, 0.1) is 12.2 Å². The van der Waals surface area contributed by atoms with Crippen molar-refractivity contribution in [1.82, 2.24) is 4.98 Å². The molecule has 0 amide bonds. The zero-order valence-corrected chi connectivity index (χ0v) is 8.62. The smallest absolute Gasteiger partial charge is 0.127 e. The molecule has 0 radical (unpaired) electrons. The summed E-state index contributed by atoms with van der Waals surface area (Å²) in [6.45, 7) is 2.37. The number of fused-ring (bicyclic) bond motifs is 1. The van der Waals surface area contributed by atoms with Crippen LogP contribution >= 0.6 is 0 Å². The number of aromatic nitrogens is 1. The van der Waals surface area contributed by atoms with Gasteiger partial charge in [-0.3, -0.25) is 0 Å². The third kappa shape index (κ3) is 1.85. The highest BCUT2D eigenvalue weighted by Gasteiger charge is 2.00. The Morgan fingerprint density at radius 1 is 1.33 bits per heavy atom. The number of anilines is 2. The lowest BCUT2D eigenvalue weighted by Gasteiger charge is -2.06. The van der Waals surface area contributed by atoms with Gasteiger partial charge in [-0.1, -0.05) is 0 Å². The molecule has 0 fully saturated rings. The van der Waals surface area contributed by atoms with E-state index < -0.39 is 0 Å². The quantitative estimate of drug-likeness (QED) is 0.644. The maximum Gasteiger partial charge on any atom is 0.127 e. The zero-order chi connectivity index (χ0) is 10.8. The fourth-order valence-corrected chi connectivity index (χ4v) is 1.52. The van der Waals surface area contributed by atoms with Gasteiger partial charge in [-0.05, 0) is 36.8 Å². The summed E-state index contributed by atoms with van der Waals surface area (Å²) in [5.41, 5.74) is 14.0. The second-order valence-electron chi connectivity index (χ2n) is 3.48. The number of nitrogens with zero attached hydrogens (tertiary/aromatic N) is 1. The van der Waals surface area contributed by atoms with E-state index in [9.17, 15) is 0 Å². The number of hydrogen-bond donors (Lipinski definition) is 3. The van der Waals surface area contributed by atoms with Crippen molar-refractivity contribution in [2.45, 2.75) is 6.92 Å². The first-order valence-electron chi connectivity index (χ1n) is 4.81. The van der Waals surface area contributed by atoms with Crippen molar-refractivity contribution in [2.75, 3.05) is 17.7 Å². The molecule has 0 aliphatic rings. The molecule has 0 saturated heterocycles. The number of aryl methyl sites for hydroxylation is 1. The summed E-state index contributed by atoms with van der Waals surface area (Å²) in [6, 6.07) is 7.92. The largest absolute Gasteiger partial charge is 0.383 e. The van der Waals surface area contributed by atoms with Crippen LogP contribution in [-0.4, -0.2) is 11.7 Å². The van der Waals surface area contributed by atoms with Crippen LogP contribution in [0.5, 0.6) is 0 Å². The van der Waals surface area contributed by atoms with Gasteiger partial charge in [0.25, 0.3) is 0 Å². The molecule has 1 aromatic carbocycles. The first-order valence-corrected chi connectivity index (χ1v) is 4.81. The fraction of sp³-hybridized carbons (Fsp3) is 0.182. The molecule has 0 saturated carbocycles. The average molecular weight is 202 g/mol. The summed E-state index contributed by atoms with van der Waals surface area (Å²) in [5.74, 6) is 0.585. The standard InChI is InChI=1S/C11H14N4/c1-7-4-8-5-9(14-6-12)2-3-10(8)15-11(7)13/h2-5,14H,6,12H2,1H3,(H2,13,15). The highest BCUT2D eigenvalue weighted by atomic mass is 15.0. The Bertz CT molecular complexity index is 493. The molecule has 0 aliphatic carbocycles. The first kappa shape index (κ1) is 9.73. The number of nitrogens with two attached hydrogens (primary N) is 2. The van der Waals surface area contributed by atoms with E-state index in [1.54, 1.807) is 0 Å². The lowest BCUT2D eigenvalue weighted by molar-refractivity contribution is 1.14. The minimum atomic E-state index is 0.424. The van der Waals surface area contributed by atoms with Gasteiger partial charge in [0.1, 0.15) is 5.82 Å². The van der Waals surface area contributed by atoms with Crippen molar-refractivity contribution < 1.29 is 0 Å². The Labute approximate surface area is 88.3 Å². The summed E-state index contributed by atoms with van der Waals surface area (Å²) >= 11 is 0. The Balaban J connectivity index is 2.56. The molecule has 15 heavy (non-hydrogen) atoms. The molecule has 0 spiro atoms. The maximum atomic E-state index is 5.74. The summed E-state index contributed by atoms with van der Waals surface area (Å²) in [4.78, 5) is 4.30. The van der Waals surface area contributed by atoms with E-state index in [1.165, 1.54) is 0 Å². The third-order valence-electron chi connectivity index (χ3n) is 2.35. The summed E-state index contributed by atoms with van der Waals surface area (Å²) in [6.07, 6.45) is 0. The van der Waals surface area contributed by atoms with Crippen LogP contribution in [0, 0.1) is 6.92 Å². The number of nitrogen functional groups attached to an aromatic ring is 1. The minimum absolute atomic E-state index is 0.424. The van der Waals surface area contributed by atoms with Gasteiger partial charge in [-0.2, -0.15) is 0 Å². The number of pyridine rings is 1. The molecule has 5 N–H and O–H groups in total. The summed E-state index contributed by atoms with van der Waals surface area (Å²) < 4.78 is 0. The summed E-state index contributed by atoms with van der Waals surface area (Å²) in [5, 5.41) is 4.12. The Morgan fingerprint density at radius 2 is 2.13 bits per heavy atom. The highest BCUT2D eigenvalue weighted by molar-refractivity contribution is 5.84. The predicted octanol–water partition coefficient (Wildman–Crippen LogP) is 1.45. The number of benzene rings is 1. The van der Waals surface area contributed by atoms with Crippen molar-refractivity contribution in [2.24, 2.45) is 5.73 Å². The van der Waals surface area contributed by atoms with Crippen molar-refractivity contribution in [1.29, 1.82) is 0 Å². The first-order chi connectivity index (χ1) is 7.20. The molecule has 4 heteroatoms. The third-order valence-corrected chi connectivity index (χ3v) is 2.35. The molecule has 0 bridgehead atoms. The van der Waals surface area contributed by atoms with Crippen molar-refractivity contribution >= 4 is 22.4 Å². The van der Waals surface area contributed by atoms with Gasteiger partial charge in [0, 0.05) is 11.1 Å². The average Bonchev–Trinajstić information content (AvgIpc) is 2.21. The monoisotopic (exact) mass is 202 g/mol. The molecule has 4 nitrogen and oxygen atoms in total. The van der Waals surface area contributed by atoms with Gasteiger partial charge in [-0.15, -0.1) is 0 Å². The van der Waals surface area contributed by atoms with Crippen molar-refractivity contribution in [3.63, 3.8) is 0 Å². The van der Waals surface area contributed by atoms with E-state index in [4.69, 9.17) is 11.5 Å². The van der Waals surface area contributed by atoms with Crippen LogP contribution in [0.3, 0.4) is 0 Å². The zero-order valence-electron chi connectivity index (χ0n) is 8.62. The predicted molar refractivity (Wildman–Crippen MR) is 63.6 cm³/mol. The van der Waals surface area contributed by atoms with Crippen LogP contribution in [0.1, 0.15) is 5.56 Å². The van der Waals surface area contributed by atoms with Crippen LogP contribution < -0.4 is 16.8 Å². The van der Waals surface area contributed by atoms with Crippen molar-refractivity contribution in [3.8, 4) is 0 Å². The Hall–Kier alpha value is -1.81. The van der Waals surface area contributed by atoms with E-state index >= 15 is 0 Å². The van der Waals surface area contributed by atoms with E-state index in [0.717, 1.165) is 22.2 Å². The number of rotatable bonds is 2. The van der Waals surface area contributed by atoms with E-state index in [-0.39, 0.29) is 0 Å². The fourth-order valence-electron chi connectivity index (χ4n) is 1.52. The molecule has 2 aromatic rings. The van der Waals surface area contributed by atoms with E-state index in [1.807, 2.05) is 31.2 Å². The molecule has 2 rings (SSSR count). The van der Waals surface area contributed by atoms with Crippen LogP contribution in [0.15, 0.2) is 24.3 Å². The maximum absolute atomic E-state index is 5.74. The minimum Gasteiger partial charge on any atom is -0.383 e. The molecular weight excluding hydrogens is 188 g/mol. The van der Waals surface area contributed by atoms with E-state index in [0.29, 0.717) is 12.5 Å². The second-order valence-corrected chi connectivity index (χ2v) is 3.48. The SMILES string of the molecule is Cc1cc2cc(NCN)ccc2nc1N. The molecule has 0 aliphatic heterocycles. The van der Waals surface area contributed by atoms with Gasteiger partial charge in [0.15, 0.2) is 0 Å². The molecule has 0 atom stereocenters. The topological polar surface area (TPSA) is 77.0 Å². The number of hydrogen-bond acceptors (Lipinski definition) is 4. The van der Waals surface area contributed by atoms with Gasteiger partial charge in [-0.25, -0.2) is 4.98 Å².